The van der Waals surface area contributed by atoms with Gasteiger partial charge in [-0.05, 0) is 18.6 Å². The lowest BCUT2D eigenvalue weighted by molar-refractivity contribution is -0.137. The van der Waals surface area contributed by atoms with Crippen LogP contribution in [0, 0.1) is 0 Å². The fourth-order valence-corrected chi connectivity index (χ4v) is 1.93. The molecule has 1 rings (SSSR count). The van der Waals surface area contributed by atoms with Gasteiger partial charge in [-0.1, -0.05) is 17.7 Å². The normalized spacial score (nSPS) is 10.1. The largest absolute Gasteiger partial charge is 0.481 e. The van der Waals surface area contributed by atoms with E-state index in [0.29, 0.717) is 23.7 Å². The number of nitrogens with two attached hydrogens (primary N) is 1. The minimum Gasteiger partial charge on any atom is -0.481 e. The first-order chi connectivity index (χ1) is 8.43. The van der Waals surface area contributed by atoms with Crippen LogP contribution in [0.2, 0.25) is 5.02 Å². The van der Waals surface area contributed by atoms with Crippen LogP contribution in [-0.2, 0) is 4.79 Å². The van der Waals surface area contributed by atoms with Crippen molar-refractivity contribution in [3.8, 4) is 0 Å². The zero-order valence-electron chi connectivity index (χ0n) is 10.0. The Bertz CT molecular complexity index is 463. The molecule has 0 bridgehead atoms. The number of carbonyl (C=O) groups excluding carboxylic acids is 1. The van der Waals surface area contributed by atoms with E-state index in [0.717, 1.165) is 0 Å². The van der Waals surface area contributed by atoms with Crippen molar-refractivity contribution in [3.63, 3.8) is 0 Å². The molecule has 1 aromatic carbocycles. The number of carbonyl (C=O) groups is 2. The minimum absolute atomic E-state index is 0.0802. The number of nitrogens with zero attached hydrogens (tertiary/aromatic N) is 1. The van der Waals surface area contributed by atoms with Crippen molar-refractivity contribution in [1.29, 1.82) is 0 Å². The number of rotatable bonds is 6. The molecule has 0 aromatic heterocycles. The van der Waals surface area contributed by atoms with E-state index in [1.807, 2.05) is 0 Å². The lowest BCUT2D eigenvalue weighted by Gasteiger charge is -2.21. The summed E-state index contributed by atoms with van der Waals surface area (Å²) >= 11 is 5.93. The van der Waals surface area contributed by atoms with Gasteiger partial charge in [0.15, 0.2) is 0 Å². The monoisotopic (exact) mass is 270 g/mol. The third kappa shape index (κ3) is 3.63. The Hall–Kier alpha value is -1.75. The van der Waals surface area contributed by atoms with Crippen molar-refractivity contribution in [2.45, 2.75) is 12.8 Å². The maximum absolute atomic E-state index is 11.3. The van der Waals surface area contributed by atoms with Gasteiger partial charge in [0.25, 0.3) is 5.91 Å². The van der Waals surface area contributed by atoms with Gasteiger partial charge < -0.3 is 15.7 Å². The summed E-state index contributed by atoms with van der Waals surface area (Å²) in [4.78, 5) is 23.6. The summed E-state index contributed by atoms with van der Waals surface area (Å²) in [6.45, 7) is 0.507. The molecule has 0 fully saturated rings. The molecule has 0 aliphatic carbocycles. The molecule has 6 heteroatoms. The predicted molar refractivity (Wildman–Crippen MR) is 70.1 cm³/mol. The van der Waals surface area contributed by atoms with Gasteiger partial charge in [0.1, 0.15) is 0 Å². The number of carboxylic acid groups (broad SMARTS) is 1. The summed E-state index contributed by atoms with van der Waals surface area (Å²) in [6, 6.07) is 5.04. The topological polar surface area (TPSA) is 83.6 Å². The van der Waals surface area contributed by atoms with E-state index < -0.39 is 11.9 Å². The molecule has 0 atom stereocenters. The van der Waals surface area contributed by atoms with E-state index in [9.17, 15) is 9.59 Å². The molecule has 0 radical (unpaired) electrons. The lowest BCUT2D eigenvalue weighted by Crippen LogP contribution is -2.24. The second-order valence-corrected chi connectivity index (χ2v) is 4.32. The number of anilines is 1. The number of hydrogen-bond acceptors (Lipinski definition) is 3. The first kappa shape index (κ1) is 14.3. The highest BCUT2D eigenvalue weighted by Crippen LogP contribution is 2.26. The van der Waals surface area contributed by atoms with Crippen molar-refractivity contribution in [3.05, 3.63) is 28.8 Å². The molecular formula is C12H15ClN2O3. The first-order valence-electron chi connectivity index (χ1n) is 5.44. The number of halogens is 1. The van der Waals surface area contributed by atoms with E-state index in [4.69, 9.17) is 22.4 Å². The molecule has 1 aromatic rings. The second kappa shape index (κ2) is 6.26. The van der Waals surface area contributed by atoms with Crippen LogP contribution >= 0.6 is 11.6 Å². The van der Waals surface area contributed by atoms with Gasteiger partial charge in [-0.3, -0.25) is 9.59 Å². The molecule has 18 heavy (non-hydrogen) atoms. The Labute approximate surface area is 110 Å². The van der Waals surface area contributed by atoms with Crippen molar-refractivity contribution >= 4 is 29.2 Å². The van der Waals surface area contributed by atoms with Gasteiger partial charge in [0, 0.05) is 20.0 Å². The van der Waals surface area contributed by atoms with Crippen molar-refractivity contribution in [2.24, 2.45) is 5.73 Å². The number of primary amides is 1. The summed E-state index contributed by atoms with van der Waals surface area (Å²) < 4.78 is 0. The molecule has 3 N–H and O–H groups in total. The first-order valence-corrected chi connectivity index (χ1v) is 5.82. The third-order valence-corrected chi connectivity index (χ3v) is 2.85. The Morgan fingerprint density at radius 2 is 2.11 bits per heavy atom. The lowest BCUT2D eigenvalue weighted by atomic mass is 10.1. The molecule has 0 heterocycles. The van der Waals surface area contributed by atoms with Gasteiger partial charge >= 0.3 is 5.97 Å². The van der Waals surface area contributed by atoms with E-state index in [1.165, 1.54) is 0 Å². The summed E-state index contributed by atoms with van der Waals surface area (Å²) in [5.74, 6) is -1.44. The van der Waals surface area contributed by atoms with Crippen molar-refractivity contribution in [1.82, 2.24) is 0 Å². The number of aliphatic carboxylic acids is 1. The van der Waals surface area contributed by atoms with Crippen molar-refractivity contribution < 1.29 is 14.7 Å². The quantitative estimate of drug-likeness (QED) is 0.825. The third-order valence-electron chi connectivity index (χ3n) is 2.53. The Balaban J connectivity index is 2.85. The SMILES string of the molecule is CN(CCCC(=O)O)c1cccc(Cl)c1C(N)=O. The van der Waals surface area contributed by atoms with E-state index >= 15 is 0 Å². The number of carboxylic acids is 1. The highest BCUT2D eigenvalue weighted by atomic mass is 35.5. The van der Waals surface area contributed by atoms with E-state index in [2.05, 4.69) is 0 Å². The fourth-order valence-electron chi connectivity index (χ4n) is 1.66. The zero-order chi connectivity index (χ0) is 13.7. The zero-order valence-corrected chi connectivity index (χ0v) is 10.8. The molecule has 98 valence electrons. The average molecular weight is 271 g/mol. The van der Waals surface area contributed by atoms with Gasteiger partial charge in [-0.15, -0.1) is 0 Å². The highest BCUT2D eigenvalue weighted by Gasteiger charge is 2.15. The molecule has 1 amide bonds. The van der Waals surface area contributed by atoms with Crippen LogP contribution in [0.25, 0.3) is 0 Å². The predicted octanol–water partition coefficient (Wildman–Crippen LogP) is 1.74. The van der Waals surface area contributed by atoms with E-state index in [-0.39, 0.29) is 12.0 Å². The van der Waals surface area contributed by atoms with Crippen LogP contribution in [0.4, 0.5) is 5.69 Å². The summed E-state index contributed by atoms with van der Waals surface area (Å²) in [6.07, 6.45) is 0.563. The summed E-state index contributed by atoms with van der Waals surface area (Å²) in [5, 5.41) is 8.87. The molecule has 0 aliphatic heterocycles. The molecule has 5 nitrogen and oxygen atoms in total. The Kier molecular flexibility index (Phi) is 4.97. The van der Waals surface area contributed by atoms with Crippen molar-refractivity contribution in [2.75, 3.05) is 18.5 Å². The minimum atomic E-state index is -0.843. The molecular weight excluding hydrogens is 256 g/mol. The molecule has 0 spiro atoms. The average Bonchev–Trinajstić information content (AvgIpc) is 2.27. The maximum Gasteiger partial charge on any atom is 0.303 e. The number of benzene rings is 1. The van der Waals surface area contributed by atoms with Gasteiger partial charge in [0.2, 0.25) is 0 Å². The van der Waals surface area contributed by atoms with Crippen LogP contribution < -0.4 is 10.6 Å². The standard InChI is InChI=1S/C12H15ClN2O3/c1-15(7-3-6-10(16)17)9-5-2-4-8(13)11(9)12(14)18/h2,4-5H,3,6-7H2,1H3,(H2,14,18)(H,16,17). The molecule has 0 saturated carbocycles. The number of amides is 1. The molecule has 0 saturated heterocycles. The van der Waals surface area contributed by atoms with E-state index in [1.54, 1.807) is 30.1 Å². The van der Waals surface area contributed by atoms with Crippen LogP contribution in [0.3, 0.4) is 0 Å². The fraction of sp³-hybridized carbons (Fsp3) is 0.333. The molecule has 0 unspecified atom stereocenters. The summed E-state index contributed by atoms with van der Waals surface area (Å²) in [5.41, 5.74) is 6.16. The second-order valence-electron chi connectivity index (χ2n) is 3.92. The smallest absolute Gasteiger partial charge is 0.303 e. The van der Waals surface area contributed by atoms with Crippen LogP contribution in [0.5, 0.6) is 0 Å². The maximum atomic E-state index is 11.3. The van der Waals surface area contributed by atoms with Crippen LogP contribution in [0.15, 0.2) is 18.2 Å². The summed E-state index contributed by atoms with van der Waals surface area (Å²) in [7, 11) is 1.76. The number of hydrogen-bond donors (Lipinski definition) is 2. The highest BCUT2D eigenvalue weighted by molar-refractivity contribution is 6.34. The van der Waals surface area contributed by atoms with Gasteiger partial charge in [-0.25, -0.2) is 0 Å². The Morgan fingerprint density at radius 3 is 2.67 bits per heavy atom. The molecule has 0 aliphatic rings. The van der Waals surface area contributed by atoms with Crippen LogP contribution in [0.1, 0.15) is 23.2 Å². The van der Waals surface area contributed by atoms with Crippen LogP contribution in [-0.4, -0.2) is 30.6 Å². The van der Waals surface area contributed by atoms with Gasteiger partial charge in [-0.2, -0.15) is 0 Å². The van der Waals surface area contributed by atoms with Gasteiger partial charge in [0.05, 0.1) is 16.3 Å². The Morgan fingerprint density at radius 1 is 1.44 bits per heavy atom.